The van der Waals surface area contributed by atoms with Crippen molar-refractivity contribution in [2.45, 2.75) is 26.3 Å². The standard InChI is InChI=1S/C10H22N2O3S.ClH/c1-3-15-6-7-16(13,14)12-5-4-10(8-12)9(2)11;/h9-10H,3-8,11H2,1-2H3;1H. The van der Waals surface area contributed by atoms with Crippen LogP contribution in [0.4, 0.5) is 0 Å². The molecule has 17 heavy (non-hydrogen) atoms. The molecule has 1 rings (SSSR count). The number of rotatable bonds is 6. The monoisotopic (exact) mass is 286 g/mol. The molecule has 0 aromatic carbocycles. The molecule has 5 nitrogen and oxygen atoms in total. The van der Waals surface area contributed by atoms with Crippen LogP contribution in [0, 0.1) is 5.92 Å². The second-order valence-electron chi connectivity index (χ2n) is 4.28. The highest BCUT2D eigenvalue weighted by atomic mass is 35.5. The Labute approximate surface area is 110 Å². The number of halogens is 1. The smallest absolute Gasteiger partial charge is 0.216 e. The fraction of sp³-hybridized carbons (Fsp3) is 1.00. The number of hydrogen-bond acceptors (Lipinski definition) is 4. The van der Waals surface area contributed by atoms with Gasteiger partial charge in [0.05, 0.1) is 12.4 Å². The normalized spacial score (nSPS) is 23.4. The van der Waals surface area contributed by atoms with E-state index in [2.05, 4.69) is 0 Å². The molecular formula is C10H23ClN2O3S. The van der Waals surface area contributed by atoms with Crippen LogP contribution in [-0.2, 0) is 14.8 Å². The van der Waals surface area contributed by atoms with Crippen molar-refractivity contribution in [2.24, 2.45) is 11.7 Å². The van der Waals surface area contributed by atoms with Crippen molar-refractivity contribution in [3.63, 3.8) is 0 Å². The minimum atomic E-state index is -3.15. The molecule has 1 aliphatic heterocycles. The van der Waals surface area contributed by atoms with Crippen LogP contribution in [0.1, 0.15) is 20.3 Å². The van der Waals surface area contributed by atoms with E-state index in [-0.39, 0.29) is 30.8 Å². The van der Waals surface area contributed by atoms with Crippen LogP contribution in [0.15, 0.2) is 0 Å². The first kappa shape index (κ1) is 17.1. The summed E-state index contributed by atoms with van der Waals surface area (Å²) in [6.07, 6.45) is 0.867. The summed E-state index contributed by atoms with van der Waals surface area (Å²) in [5.41, 5.74) is 5.78. The first-order valence-electron chi connectivity index (χ1n) is 5.78. The second-order valence-corrected chi connectivity index (χ2v) is 6.37. The molecule has 1 aliphatic rings. The van der Waals surface area contributed by atoms with Crippen molar-refractivity contribution in [1.82, 2.24) is 4.31 Å². The summed E-state index contributed by atoms with van der Waals surface area (Å²) in [6, 6.07) is 0.0621. The van der Waals surface area contributed by atoms with E-state index in [4.69, 9.17) is 10.5 Å². The largest absolute Gasteiger partial charge is 0.381 e. The molecule has 0 aromatic rings. The maximum absolute atomic E-state index is 11.9. The van der Waals surface area contributed by atoms with E-state index in [1.165, 1.54) is 0 Å². The lowest BCUT2D eigenvalue weighted by molar-refractivity contribution is 0.162. The predicted octanol–water partition coefficient (Wildman–Crippen LogP) is 0.444. The van der Waals surface area contributed by atoms with Crippen LogP contribution < -0.4 is 5.73 Å². The molecule has 0 bridgehead atoms. The molecule has 0 aliphatic carbocycles. The minimum Gasteiger partial charge on any atom is -0.381 e. The lowest BCUT2D eigenvalue weighted by atomic mass is 10.0. The van der Waals surface area contributed by atoms with Crippen molar-refractivity contribution >= 4 is 22.4 Å². The Bertz CT molecular complexity index is 309. The summed E-state index contributed by atoms with van der Waals surface area (Å²) in [6.45, 7) is 5.78. The lowest BCUT2D eigenvalue weighted by Gasteiger charge is -2.17. The average Bonchev–Trinajstić information content (AvgIpc) is 2.67. The summed E-state index contributed by atoms with van der Waals surface area (Å²) < 4.78 is 30.4. The second kappa shape index (κ2) is 7.53. The van der Waals surface area contributed by atoms with Gasteiger partial charge in [-0.25, -0.2) is 12.7 Å². The predicted molar refractivity (Wildman–Crippen MR) is 70.9 cm³/mol. The molecule has 0 amide bonds. The lowest BCUT2D eigenvalue weighted by Crippen LogP contribution is -2.35. The van der Waals surface area contributed by atoms with Crippen molar-refractivity contribution < 1.29 is 13.2 Å². The summed E-state index contributed by atoms with van der Waals surface area (Å²) in [4.78, 5) is 0. The first-order valence-corrected chi connectivity index (χ1v) is 7.39. The summed E-state index contributed by atoms with van der Waals surface area (Å²) in [7, 11) is -3.15. The summed E-state index contributed by atoms with van der Waals surface area (Å²) in [5, 5.41) is 0. The number of sulfonamides is 1. The van der Waals surface area contributed by atoms with Crippen LogP contribution >= 0.6 is 12.4 Å². The van der Waals surface area contributed by atoms with Gasteiger partial charge in [0.25, 0.3) is 0 Å². The van der Waals surface area contributed by atoms with Gasteiger partial charge in [0.15, 0.2) is 0 Å². The zero-order chi connectivity index (χ0) is 12.2. The van der Waals surface area contributed by atoms with E-state index in [1.54, 1.807) is 4.31 Å². The molecule has 0 aromatic heterocycles. The molecule has 0 saturated carbocycles. The van der Waals surface area contributed by atoms with Gasteiger partial charge in [-0.1, -0.05) is 0 Å². The molecule has 0 radical (unpaired) electrons. The third-order valence-electron chi connectivity index (χ3n) is 3.01. The minimum absolute atomic E-state index is 0. The molecule has 104 valence electrons. The maximum atomic E-state index is 11.9. The third kappa shape index (κ3) is 5.09. The van der Waals surface area contributed by atoms with E-state index in [0.717, 1.165) is 6.42 Å². The SMILES string of the molecule is CCOCCS(=O)(=O)N1CCC(C(C)N)C1.Cl. The van der Waals surface area contributed by atoms with Crippen LogP contribution in [0.5, 0.6) is 0 Å². The molecule has 1 saturated heterocycles. The highest BCUT2D eigenvalue weighted by Crippen LogP contribution is 2.21. The Kier molecular flexibility index (Phi) is 7.58. The Hall–Kier alpha value is 0.120. The quantitative estimate of drug-likeness (QED) is 0.720. The van der Waals surface area contributed by atoms with Crippen LogP contribution in [0.25, 0.3) is 0 Å². The highest BCUT2D eigenvalue weighted by molar-refractivity contribution is 7.89. The topological polar surface area (TPSA) is 72.6 Å². The summed E-state index contributed by atoms with van der Waals surface area (Å²) >= 11 is 0. The molecule has 2 atom stereocenters. The Balaban J connectivity index is 0.00000256. The van der Waals surface area contributed by atoms with Gasteiger partial charge in [0.2, 0.25) is 10.0 Å². The van der Waals surface area contributed by atoms with Gasteiger partial charge in [0.1, 0.15) is 0 Å². The zero-order valence-corrected chi connectivity index (χ0v) is 12.1. The molecular weight excluding hydrogens is 264 g/mol. The number of nitrogens with zero attached hydrogens (tertiary/aromatic N) is 1. The van der Waals surface area contributed by atoms with Gasteiger partial charge in [-0.2, -0.15) is 0 Å². The maximum Gasteiger partial charge on any atom is 0.216 e. The average molecular weight is 287 g/mol. The fourth-order valence-corrected chi connectivity index (χ4v) is 3.26. The third-order valence-corrected chi connectivity index (χ3v) is 4.82. The number of ether oxygens (including phenoxy) is 1. The van der Waals surface area contributed by atoms with Gasteiger partial charge in [-0.3, -0.25) is 0 Å². The van der Waals surface area contributed by atoms with Gasteiger partial charge < -0.3 is 10.5 Å². The highest BCUT2D eigenvalue weighted by Gasteiger charge is 2.32. The van der Waals surface area contributed by atoms with Crippen LogP contribution in [0.2, 0.25) is 0 Å². The molecule has 2 unspecified atom stereocenters. The van der Waals surface area contributed by atoms with Gasteiger partial charge in [-0.15, -0.1) is 12.4 Å². The first-order chi connectivity index (χ1) is 7.47. The van der Waals surface area contributed by atoms with Crippen molar-refractivity contribution in [3.05, 3.63) is 0 Å². The van der Waals surface area contributed by atoms with Gasteiger partial charge >= 0.3 is 0 Å². The van der Waals surface area contributed by atoms with E-state index < -0.39 is 10.0 Å². The van der Waals surface area contributed by atoms with Gasteiger partial charge in [0, 0.05) is 25.7 Å². The number of nitrogens with two attached hydrogens (primary N) is 1. The Morgan fingerprint density at radius 2 is 2.18 bits per heavy atom. The fourth-order valence-electron chi connectivity index (χ4n) is 1.87. The van der Waals surface area contributed by atoms with Crippen molar-refractivity contribution in [3.8, 4) is 0 Å². The molecule has 1 heterocycles. The van der Waals surface area contributed by atoms with Crippen molar-refractivity contribution in [2.75, 3.05) is 32.1 Å². The van der Waals surface area contributed by atoms with Crippen LogP contribution in [-0.4, -0.2) is 50.8 Å². The van der Waals surface area contributed by atoms with Crippen LogP contribution in [0.3, 0.4) is 0 Å². The molecule has 7 heteroatoms. The zero-order valence-electron chi connectivity index (χ0n) is 10.5. The van der Waals surface area contributed by atoms with E-state index >= 15 is 0 Å². The Morgan fingerprint density at radius 1 is 1.53 bits per heavy atom. The van der Waals surface area contributed by atoms with E-state index in [1.807, 2.05) is 13.8 Å². The van der Waals surface area contributed by atoms with E-state index in [0.29, 0.717) is 25.6 Å². The molecule has 1 fully saturated rings. The summed E-state index contributed by atoms with van der Waals surface area (Å²) in [5.74, 6) is 0.369. The molecule has 0 spiro atoms. The van der Waals surface area contributed by atoms with Crippen molar-refractivity contribution in [1.29, 1.82) is 0 Å². The Morgan fingerprint density at radius 3 is 2.65 bits per heavy atom. The number of hydrogen-bond donors (Lipinski definition) is 1. The molecule has 2 N–H and O–H groups in total. The van der Waals surface area contributed by atoms with E-state index in [9.17, 15) is 8.42 Å². The van der Waals surface area contributed by atoms with Gasteiger partial charge in [-0.05, 0) is 26.2 Å².